The largest absolute Gasteiger partial charge is 0.480 e. The molecule has 1 aromatic heterocycles. The number of rotatable bonds is 15. The number of pyridine rings is 1. The van der Waals surface area contributed by atoms with Crippen LogP contribution in [0.3, 0.4) is 0 Å². The van der Waals surface area contributed by atoms with Gasteiger partial charge in [0.25, 0.3) is 0 Å². The molecule has 10 heteroatoms. The highest BCUT2D eigenvalue weighted by Crippen LogP contribution is 2.21. The molecule has 220 valence electrons. The van der Waals surface area contributed by atoms with E-state index in [9.17, 15) is 23.1 Å². The van der Waals surface area contributed by atoms with Crippen LogP contribution in [0.15, 0.2) is 47.4 Å². The minimum Gasteiger partial charge on any atom is -0.480 e. The van der Waals surface area contributed by atoms with Crippen LogP contribution < -0.4 is 10.6 Å². The summed E-state index contributed by atoms with van der Waals surface area (Å²) in [4.78, 5) is 31.3. The van der Waals surface area contributed by atoms with E-state index in [1.165, 1.54) is 5.56 Å². The average molecular weight is 573 g/mol. The molecule has 3 rings (SSSR count). The number of carboxylic acid groups (broad SMARTS) is 1. The van der Waals surface area contributed by atoms with Crippen molar-refractivity contribution in [3.63, 3.8) is 0 Å². The van der Waals surface area contributed by atoms with Gasteiger partial charge < -0.3 is 20.6 Å². The van der Waals surface area contributed by atoms with E-state index in [1.807, 2.05) is 25.7 Å². The van der Waals surface area contributed by atoms with E-state index in [2.05, 4.69) is 22.8 Å². The van der Waals surface area contributed by atoms with Crippen molar-refractivity contribution in [3.8, 4) is 0 Å². The molecule has 40 heavy (non-hydrogen) atoms. The maximum absolute atomic E-state index is 12.9. The van der Waals surface area contributed by atoms with Gasteiger partial charge in [0.05, 0.1) is 10.6 Å². The first kappa shape index (κ1) is 31.5. The molecule has 9 nitrogen and oxygen atoms in total. The van der Waals surface area contributed by atoms with Gasteiger partial charge in [0.1, 0.15) is 11.9 Å². The Morgan fingerprint density at radius 2 is 1.82 bits per heavy atom. The molecule has 0 saturated carbocycles. The number of sulfone groups is 1. The van der Waals surface area contributed by atoms with Crippen LogP contribution >= 0.6 is 0 Å². The van der Waals surface area contributed by atoms with Crippen LogP contribution in [0, 0.1) is 5.41 Å². The maximum Gasteiger partial charge on any atom is 0.326 e. The van der Waals surface area contributed by atoms with Gasteiger partial charge in [0.15, 0.2) is 9.84 Å². The molecule has 2 heterocycles. The van der Waals surface area contributed by atoms with E-state index >= 15 is 0 Å². The number of amides is 1. The Morgan fingerprint density at radius 1 is 1.07 bits per heavy atom. The number of carbonyl (C=O) groups is 2. The molecule has 1 aliphatic heterocycles. The number of hydrogen-bond donors (Lipinski definition) is 3. The molecule has 1 unspecified atom stereocenters. The topological polar surface area (TPSA) is 129 Å². The molecule has 0 saturated heterocycles. The molecule has 0 spiro atoms. The molecular formula is C30H44N4O5S. The zero-order valence-electron chi connectivity index (χ0n) is 24.0. The molecule has 0 bridgehead atoms. The van der Waals surface area contributed by atoms with Crippen molar-refractivity contribution >= 4 is 27.5 Å². The SMILES string of the molecule is CC(C)(C)CC(=O)NC(CCN(CCCCc1ccc2c(n1)NCCC2)CCS(=O)(=O)c1ccccc1)C(=O)O. The fourth-order valence-electron chi connectivity index (χ4n) is 4.78. The molecule has 2 aromatic rings. The fraction of sp³-hybridized carbons (Fsp3) is 0.567. The highest BCUT2D eigenvalue weighted by molar-refractivity contribution is 7.91. The van der Waals surface area contributed by atoms with E-state index in [1.54, 1.807) is 30.3 Å². The van der Waals surface area contributed by atoms with E-state index < -0.39 is 21.8 Å². The van der Waals surface area contributed by atoms with E-state index in [0.717, 1.165) is 50.2 Å². The van der Waals surface area contributed by atoms with Crippen LogP contribution in [-0.4, -0.2) is 73.3 Å². The van der Waals surface area contributed by atoms with Crippen molar-refractivity contribution < 1.29 is 23.1 Å². The molecule has 1 aromatic carbocycles. The number of aromatic nitrogens is 1. The predicted octanol–water partition coefficient (Wildman–Crippen LogP) is 3.93. The summed E-state index contributed by atoms with van der Waals surface area (Å²) in [5.74, 6) is -0.482. The van der Waals surface area contributed by atoms with Gasteiger partial charge in [-0.05, 0) is 74.2 Å². The van der Waals surface area contributed by atoms with Crippen LogP contribution in [0.5, 0.6) is 0 Å². The summed E-state index contributed by atoms with van der Waals surface area (Å²) in [6.45, 7) is 7.97. The second-order valence-electron chi connectivity index (χ2n) is 11.8. The summed E-state index contributed by atoms with van der Waals surface area (Å²) < 4.78 is 25.8. The molecule has 1 aliphatic rings. The van der Waals surface area contributed by atoms with Gasteiger partial charge in [-0.25, -0.2) is 18.2 Å². The van der Waals surface area contributed by atoms with Crippen molar-refractivity contribution in [3.05, 3.63) is 53.7 Å². The van der Waals surface area contributed by atoms with Gasteiger partial charge in [0.2, 0.25) is 5.91 Å². The van der Waals surface area contributed by atoms with Crippen molar-refractivity contribution in [2.45, 2.75) is 76.7 Å². The number of anilines is 1. The first-order valence-electron chi connectivity index (χ1n) is 14.2. The fourth-order valence-corrected chi connectivity index (χ4v) is 6.08. The first-order chi connectivity index (χ1) is 18.9. The minimum atomic E-state index is -3.48. The Labute approximate surface area is 238 Å². The number of aryl methyl sites for hydroxylation is 2. The van der Waals surface area contributed by atoms with Gasteiger partial charge >= 0.3 is 5.97 Å². The van der Waals surface area contributed by atoms with Crippen LogP contribution in [0.2, 0.25) is 0 Å². The second-order valence-corrected chi connectivity index (χ2v) is 13.9. The quantitative estimate of drug-likeness (QED) is 0.274. The Kier molecular flexibility index (Phi) is 11.5. The lowest BCUT2D eigenvalue weighted by Crippen LogP contribution is -2.44. The van der Waals surface area contributed by atoms with E-state index in [4.69, 9.17) is 4.98 Å². The average Bonchev–Trinajstić information content (AvgIpc) is 2.90. The number of nitrogens with zero attached hydrogens (tertiary/aromatic N) is 2. The third-order valence-electron chi connectivity index (χ3n) is 6.95. The second kappa shape index (κ2) is 14.6. The van der Waals surface area contributed by atoms with Gasteiger partial charge in [0, 0.05) is 31.7 Å². The molecule has 0 aliphatic carbocycles. The number of benzene rings is 1. The minimum absolute atomic E-state index is 0.0663. The third kappa shape index (κ3) is 10.5. The smallest absolute Gasteiger partial charge is 0.326 e. The Hall–Kier alpha value is -2.98. The van der Waals surface area contributed by atoms with Crippen molar-refractivity contribution in [2.24, 2.45) is 5.41 Å². The van der Waals surface area contributed by atoms with Gasteiger partial charge in [-0.2, -0.15) is 0 Å². The maximum atomic E-state index is 12.9. The summed E-state index contributed by atoms with van der Waals surface area (Å²) in [6, 6.07) is 11.5. The third-order valence-corrected chi connectivity index (χ3v) is 8.66. The lowest BCUT2D eigenvalue weighted by Gasteiger charge is -2.25. The number of nitrogens with one attached hydrogen (secondary N) is 2. The van der Waals surface area contributed by atoms with E-state index in [0.29, 0.717) is 13.1 Å². The van der Waals surface area contributed by atoms with Gasteiger partial charge in [-0.15, -0.1) is 0 Å². The molecular weight excluding hydrogens is 528 g/mol. The number of aliphatic carboxylic acids is 1. The zero-order chi connectivity index (χ0) is 29.2. The number of unbranched alkanes of at least 4 members (excludes halogenated alkanes) is 1. The zero-order valence-corrected chi connectivity index (χ0v) is 24.8. The number of fused-ring (bicyclic) bond motifs is 1. The predicted molar refractivity (Wildman–Crippen MR) is 157 cm³/mol. The standard InChI is InChI=1S/C30H44N4O5S/c1-30(2,3)22-27(35)33-26(29(36)37)16-19-34(20-21-40(38,39)25-12-5-4-6-13-25)18-8-7-11-24-15-14-23-10-9-17-31-28(23)32-24/h4-6,12-15,26H,7-11,16-22H2,1-3H3,(H,31,32)(H,33,35)(H,36,37). The first-order valence-corrected chi connectivity index (χ1v) is 15.8. The molecule has 3 N–H and O–H groups in total. The Morgan fingerprint density at radius 3 is 2.52 bits per heavy atom. The lowest BCUT2D eigenvalue weighted by atomic mass is 9.92. The van der Waals surface area contributed by atoms with Crippen LogP contribution in [0.4, 0.5) is 5.82 Å². The monoisotopic (exact) mass is 572 g/mol. The number of hydrogen-bond acceptors (Lipinski definition) is 7. The Bertz CT molecular complexity index is 1230. The summed E-state index contributed by atoms with van der Waals surface area (Å²) in [7, 11) is -3.48. The molecule has 0 radical (unpaired) electrons. The van der Waals surface area contributed by atoms with Crippen LogP contribution in [0.1, 0.15) is 64.1 Å². The molecule has 0 fully saturated rings. The highest BCUT2D eigenvalue weighted by atomic mass is 32.2. The Balaban J connectivity index is 1.59. The van der Waals surface area contributed by atoms with Crippen LogP contribution in [0.25, 0.3) is 0 Å². The van der Waals surface area contributed by atoms with Crippen molar-refractivity contribution in [2.75, 3.05) is 37.2 Å². The summed E-state index contributed by atoms with van der Waals surface area (Å²) in [6.07, 6.45) is 5.07. The summed E-state index contributed by atoms with van der Waals surface area (Å²) >= 11 is 0. The molecule has 1 amide bonds. The lowest BCUT2D eigenvalue weighted by molar-refractivity contribution is -0.142. The summed E-state index contributed by atoms with van der Waals surface area (Å²) in [5, 5.41) is 15.7. The summed E-state index contributed by atoms with van der Waals surface area (Å²) in [5.41, 5.74) is 2.02. The van der Waals surface area contributed by atoms with Gasteiger partial charge in [-0.1, -0.05) is 45.0 Å². The van der Waals surface area contributed by atoms with Gasteiger partial charge in [-0.3, -0.25) is 4.79 Å². The van der Waals surface area contributed by atoms with E-state index in [-0.39, 0.29) is 41.4 Å². The van der Waals surface area contributed by atoms with Crippen molar-refractivity contribution in [1.82, 2.24) is 15.2 Å². The number of carboxylic acids is 1. The van der Waals surface area contributed by atoms with Crippen molar-refractivity contribution in [1.29, 1.82) is 0 Å². The molecule has 1 atom stereocenters. The van der Waals surface area contributed by atoms with Crippen LogP contribution in [-0.2, 0) is 32.3 Å². The normalized spacial score (nSPS) is 14.3. The highest BCUT2D eigenvalue weighted by Gasteiger charge is 2.24. The number of carbonyl (C=O) groups excluding carboxylic acids is 1.